The van der Waals surface area contributed by atoms with Crippen LogP contribution in [0, 0.1) is 0 Å². The Hall–Kier alpha value is -2.17. The van der Waals surface area contributed by atoms with Gasteiger partial charge in [0, 0.05) is 32.8 Å². The molecule has 4 heteroatoms. The molecule has 22 heavy (non-hydrogen) atoms. The van der Waals surface area contributed by atoms with Gasteiger partial charge in [-0.1, -0.05) is 42.5 Å². The molecule has 0 spiro atoms. The molecule has 0 radical (unpaired) electrons. The van der Waals surface area contributed by atoms with E-state index in [1.54, 1.807) is 7.11 Å². The molecular formula is C18H22N2O2. The van der Waals surface area contributed by atoms with Crippen molar-refractivity contribution in [2.75, 3.05) is 19.0 Å². The number of nitrogens with one attached hydrogen (secondary N) is 2. The molecule has 2 rings (SSSR count). The van der Waals surface area contributed by atoms with Gasteiger partial charge in [-0.2, -0.15) is 0 Å². The van der Waals surface area contributed by atoms with E-state index in [0.29, 0.717) is 0 Å². The SMILES string of the molecule is COC(CNCc1ccc(NC(C)=O)cc1)c1ccccc1. The van der Waals surface area contributed by atoms with Crippen molar-refractivity contribution in [3.05, 3.63) is 65.7 Å². The standard InChI is InChI=1S/C18H22N2O2/c1-14(21)20-17-10-8-15(9-11-17)12-19-13-18(22-2)16-6-4-3-5-7-16/h3-11,18-19H,12-13H2,1-2H3,(H,20,21). The molecule has 2 aromatic rings. The first-order valence-corrected chi connectivity index (χ1v) is 7.34. The number of amides is 1. The zero-order valence-corrected chi connectivity index (χ0v) is 13.0. The summed E-state index contributed by atoms with van der Waals surface area (Å²) >= 11 is 0. The van der Waals surface area contributed by atoms with Gasteiger partial charge in [0.25, 0.3) is 0 Å². The van der Waals surface area contributed by atoms with E-state index in [-0.39, 0.29) is 12.0 Å². The van der Waals surface area contributed by atoms with Crippen LogP contribution in [0.3, 0.4) is 0 Å². The molecule has 0 aromatic heterocycles. The molecule has 0 bridgehead atoms. The monoisotopic (exact) mass is 298 g/mol. The van der Waals surface area contributed by atoms with E-state index in [4.69, 9.17) is 4.74 Å². The molecule has 2 N–H and O–H groups in total. The molecule has 0 fully saturated rings. The number of hydrogen-bond acceptors (Lipinski definition) is 3. The highest BCUT2D eigenvalue weighted by molar-refractivity contribution is 5.88. The van der Waals surface area contributed by atoms with Crippen LogP contribution in [0.25, 0.3) is 0 Å². The Balaban J connectivity index is 1.83. The van der Waals surface area contributed by atoms with Gasteiger partial charge < -0.3 is 15.4 Å². The van der Waals surface area contributed by atoms with Gasteiger partial charge in [-0.3, -0.25) is 4.79 Å². The minimum absolute atomic E-state index is 0.0415. The number of methoxy groups -OCH3 is 1. The first-order chi connectivity index (χ1) is 10.7. The van der Waals surface area contributed by atoms with Gasteiger partial charge in [0.2, 0.25) is 5.91 Å². The van der Waals surface area contributed by atoms with Crippen molar-refractivity contribution in [1.82, 2.24) is 5.32 Å². The Morgan fingerprint density at radius 1 is 1.09 bits per heavy atom. The largest absolute Gasteiger partial charge is 0.375 e. The highest BCUT2D eigenvalue weighted by Crippen LogP contribution is 2.15. The predicted molar refractivity (Wildman–Crippen MR) is 88.6 cm³/mol. The lowest BCUT2D eigenvalue weighted by atomic mass is 10.1. The summed E-state index contributed by atoms with van der Waals surface area (Å²) in [7, 11) is 1.72. The number of benzene rings is 2. The van der Waals surface area contributed by atoms with Crippen LogP contribution in [0.4, 0.5) is 5.69 Å². The van der Waals surface area contributed by atoms with E-state index in [2.05, 4.69) is 22.8 Å². The molecule has 0 aliphatic carbocycles. The van der Waals surface area contributed by atoms with Crippen molar-refractivity contribution in [1.29, 1.82) is 0 Å². The van der Waals surface area contributed by atoms with Crippen molar-refractivity contribution in [3.8, 4) is 0 Å². The maximum atomic E-state index is 11.0. The zero-order valence-electron chi connectivity index (χ0n) is 13.0. The van der Waals surface area contributed by atoms with Crippen LogP contribution in [-0.2, 0) is 16.1 Å². The van der Waals surface area contributed by atoms with E-state index in [0.717, 1.165) is 24.3 Å². The summed E-state index contributed by atoms with van der Waals surface area (Å²) in [5.41, 5.74) is 3.14. The third-order valence-electron chi connectivity index (χ3n) is 3.39. The van der Waals surface area contributed by atoms with Gasteiger partial charge in [0.05, 0.1) is 6.10 Å². The maximum absolute atomic E-state index is 11.0. The Bertz CT molecular complexity index is 582. The quantitative estimate of drug-likeness (QED) is 0.825. The van der Waals surface area contributed by atoms with Gasteiger partial charge in [0.1, 0.15) is 0 Å². The second-order valence-electron chi connectivity index (χ2n) is 5.14. The molecule has 4 nitrogen and oxygen atoms in total. The number of ether oxygens (including phenoxy) is 1. The number of carbonyl (C=O) groups is 1. The van der Waals surface area contributed by atoms with Crippen molar-refractivity contribution in [3.63, 3.8) is 0 Å². The molecule has 0 heterocycles. The van der Waals surface area contributed by atoms with Crippen LogP contribution in [0.15, 0.2) is 54.6 Å². The average molecular weight is 298 g/mol. The molecule has 0 saturated heterocycles. The molecule has 1 unspecified atom stereocenters. The van der Waals surface area contributed by atoms with Crippen molar-refractivity contribution < 1.29 is 9.53 Å². The van der Waals surface area contributed by atoms with E-state index in [1.807, 2.05) is 42.5 Å². The lowest BCUT2D eigenvalue weighted by molar-refractivity contribution is -0.114. The Kier molecular flexibility index (Phi) is 6.13. The van der Waals surface area contributed by atoms with Crippen molar-refractivity contribution in [2.24, 2.45) is 0 Å². The molecule has 1 amide bonds. The van der Waals surface area contributed by atoms with Crippen LogP contribution in [-0.4, -0.2) is 19.6 Å². The molecule has 0 aliphatic rings. The zero-order chi connectivity index (χ0) is 15.8. The molecule has 1 atom stereocenters. The predicted octanol–water partition coefficient (Wildman–Crippen LogP) is 3.12. The highest BCUT2D eigenvalue weighted by Gasteiger charge is 2.09. The second-order valence-corrected chi connectivity index (χ2v) is 5.14. The van der Waals surface area contributed by atoms with Crippen LogP contribution in [0.5, 0.6) is 0 Å². The summed E-state index contributed by atoms with van der Waals surface area (Å²) in [4.78, 5) is 11.0. The summed E-state index contributed by atoms with van der Waals surface area (Å²) < 4.78 is 5.53. The maximum Gasteiger partial charge on any atom is 0.221 e. The fourth-order valence-electron chi connectivity index (χ4n) is 2.26. The fourth-order valence-corrected chi connectivity index (χ4v) is 2.26. The first-order valence-electron chi connectivity index (χ1n) is 7.34. The van der Waals surface area contributed by atoms with Crippen LogP contribution >= 0.6 is 0 Å². The van der Waals surface area contributed by atoms with E-state index in [9.17, 15) is 4.79 Å². The van der Waals surface area contributed by atoms with Crippen molar-refractivity contribution >= 4 is 11.6 Å². The third kappa shape index (κ3) is 4.98. The van der Waals surface area contributed by atoms with Gasteiger partial charge in [-0.15, -0.1) is 0 Å². The molecular weight excluding hydrogens is 276 g/mol. The fraction of sp³-hybridized carbons (Fsp3) is 0.278. The lowest BCUT2D eigenvalue weighted by Gasteiger charge is -2.16. The summed E-state index contributed by atoms with van der Waals surface area (Å²) in [5.74, 6) is -0.0586. The van der Waals surface area contributed by atoms with Crippen LogP contribution in [0.2, 0.25) is 0 Å². The van der Waals surface area contributed by atoms with Gasteiger partial charge in [-0.25, -0.2) is 0 Å². The number of hydrogen-bond donors (Lipinski definition) is 2. The molecule has 0 aliphatic heterocycles. The number of carbonyl (C=O) groups excluding carboxylic acids is 1. The average Bonchev–Trinajstić information content (AvgIpc) is 2.53. The topological polar surface area (TPSA) is 50.4 Å². The molecule has 116 valence electrons. The minimum Gasteiger partial charge on any atom is -0.375 e. The van der Waals surface area contributed by atoms with Crippen LogP contribution in [0.1, 0.15) is 24.2 Å². The first kappa shape index (κ1) is 16.2. The highest BCUT2D eigenvalue weighted by atomic mass is 16.5. The normalized spacial score (nSPS) is 11.9. The Morgan fingerprint density at radius 3 is 2.36 bits per heavy atom. The summed E-state index contributed by atoms with van der Waals surface area (Å²) in [5, 5.41) is 6.16. The number of rotatable bonds is 7. The van der Waals surface area contributed by atoms with E-state index in [1.165, 1.54) is 12.5 Å². The summed E-state index contributed by atoms with van der Waals surface area (Å²) in [6.45, 7) is 3.00. The summed E-state index contributed by atoms with van der Waals surface area (Å²) in [6.07, 6.45) is 0.0415. The molecule has 0 saturated carbocycles. The molecule has 2 aromatic carbocycles. The Morgan fingerprint density at radius 2 is 1.77 bits per heavy atom. The number of anilines is 1. The van der Waals surface area contributed by atoms with Gasteiger partial charge in [-0.05, 0) is 23.3 Å². The smallest absolute Gasteiger partial charge is 0.221 e. The van der Waals surface area contributed by atoms with Crippen LogP contribution < -0.4 is 10.6 Å². The minimum atomic E-state index is -0.0586. The van der Waals surface area contributed by atoms with Gasteiger partial charge >= 0.3 is 0 Å². The third-order valence-corrected chi connectivity index (χ3v) is 3.39. The van der Waals surface area contributed by atoms with Gasteiger partial charge in [0.15, 0.2) is 0 Å². The second kappa shape index (κ2) is 8.32. The van der Waals surface area contributed by atoms with E-state index >= 15 is 0 Å². The van der Waals surface area contributed by atoms with Crippen molar-refractivity contribution in [2.45, 2.75) is 19.6 Å². The van der Waals surface area contributed by atoms with E-state index < -0.39 is 0 Å². The lowest BCUT2D eigenvalue weighted by Crippen LogP contribution is -2.22. The summed E-state index contributed by atoms with van der Waals surface area (Å²) in [6, 6.07) is 18.0. The Labute approximate surface area is 131 Å².